The number of benzene rings is 3. The van der Waals surface area contributed by atoms with Crippen LogP contribution in [-0.4, -0.2) is 36.6 Å². The third-order valence-corrected chi connectivity index (χ3v) is 7.87. The molecule has 3 amide bonds. The Balaban J connectivity index is 1.34. The van der Waals surface area contributed by atoms with Crippen molar-refractivity contribution in [2.45, 2.75) is 50.0 Å². The molecule has 0 spiro atoms. The topological polar surface area (TPSA) is 95.2 Å². The van der Waals surface area contributed by atoms with E-state index in [2.05, 4.69) is 45.2 Å². The molecule has 0 radical (unpaired) electrons. The molecule has 0 unspecified atom stereocenters. The zero-order valence-corrected chi connectivity index (χ0v) is 22.3. The van der Waals surface area contributed by atoms with Crippen LogP contribution in [0.25, 0.3) is 10.9 Å². The van der Waals surface area contributed by atoms with E-state index in [1.54, 1.807) is 31.4 Å². The summed E-state index contributed by atoms with van der Waals surface area (Å²) < 4.78 is 5.20. The smallest absolute Gasteiger partial charge is 0.319 e. The Morgan fingerprint density at radius 2 is 1.64 bits per heavy atom. The lowest BCUT2D eigenvalue weighted by Gasteiger charge is -2.38. The Kier molecular flexibility index (Phi) is 8.16. The second kappa shape index (κ2) is 12.1. The van der Waals surface area contributed by atoms with Gasteiger partial charge in [-0.3, -0.25) is 4.79 Å². The molecule has 1 fully saturated rings. The van der Waals surface area contributed by atoms with Gasteiger partial charge in [0.1, 0.15) is 11.8 Å². The molecule has 1 heterocycles. The van der Waals surface area contributed by atoms with Crippen LogP contribution >= 0.6 is 0 Å². The molecule has 0 bridgehead atoms. The summed E-state index contributed by atoms with van der Waals surface area (Å²) in [5.41, 5.74) is 3.77. The van der Waals surface area contributed by atoms with Gasteiger partial charge in [0.25, 0.3) is 0 Å². The minimum Gasteiger partial charge on any atom is -0.497 e. The minimum atomic E-state index is -0.751. The Labute approximate surface area is 229 Å². The molecule has 7 nitrogen and oxygen atoms in total. The van der Waals surface area contributed by atoms with Crippen molar-refractivity contribution < 1.29 is 14.3 Å². The van der Waals surface area contributed by atoms with Gasteiger partial charge in [-0.2, -0.15) is 0 Å². The Morgan fingerprint density at radius 1 is 0.923 bits per heavy atom. The zero-order chi connectivity index (χ0) is 27.1. The summed E-state index contributed by atoms with van der Waals surface area (Å²) in [5.74, 6) is 0.513. The molecular weight excluding hydrogens is 488 g/mol. The van der Waals surface area contributed by atoms with Crippen LogP contribution in [0.15, 0.2) is 85.1 Å². The van der Waals surface area contributed by atoms with Crippen molar-refractivity contribution in [3.8, 4) is 5.75 Å². The number of fused-ring (bicyclic) bond motifs is 1. The molecule has 39 heavy (non-hydrogen) atoms. The number of hydrogen-bond acceptors (Lipinski definition) is 3. The van der Waals surface area contributed by atoms with Gasteiger partial charge in [-0.25, -0.2) is 4.79 Å². The van der Waals surface area contributed by atoms with E-state index in [0.717, 1.165) is 42.1 Å². The molecule has 5 rings (SSSR count). The standard InChI is InChI=1S/C32H36N4O3/c1-39-26-16-14-25(15-17-26)35-31(38)36-29(20-23-21-33-28-13-7-6-12-27(23)28)30(37)34-22-32(18-8-3-9-19-32)24-10-4-2-5-11-24/h2,4-7,10-17,21,29,33H,3,8-9,18-20,22H2,1H3,(H,34,37)(H2,35,36,38)/t29-/m1/s1. The molecule has 0 aliphatic heterocycles. The number of nitrogens with one attached hydrogen (secondary N) is 4. The van der Waals surface area contributed by atoms with Gasteiger partial charge in [-0.15, -0.1) is 0 Å². The van der Waals surface area contributed by atoms with Crippen LogP contribution in [-0.2, 0) is 16.6 Å². The Bertz CT molecular complexity index is 1390. The van der Waals surface area contributed by atoms with Gasteiger partial charge in [-0.05, 0) is 54.3 Å². The molecule has 1 atom stereocenters. The third-order valence-electron chi connectivity index (χ3n) is 7.87. The molecule has 1 aliphatic rings. The first-order chi connectivity index (χ1) is 19.1. The van der Waals surface area contributed by atoms with Crippen LogP contribution in [0.5, 0.6) is 5.75 Å². The molecule has 3 aromatic carbocycles. The number of anilines is 1. The SMILES string of the molecule is COc1ccc(NC(=O)N[C@H](Cc2c[nH]c3ccccc23)C(=O)NCC2(c3ccccc3)CCCCC2)cc1. The van der Waals surface area contributed by atoms with E-state index in [1.165, 1.54) is 12.0 Å². The summed E-state index contributed by atoms with van der Waals surface area (Å²) in [5, 5.41) is 10.0. The van der Waals surface area contributed by atoms with Gasteiger partial charge >= 0.3 is 6.03 Å². The number of urea groups is 1. The average Bonchev–Trinajstić information content (AvgIpc) is 3.39. The fourth-order valence-electron chi connectivity index (χ4n) is 5.70. The number of carbonyl (C=O) groups is 2. The first kappa shape index (κ1) is 26.4. The summed E-state index contributed by atoms with van der Waals surface area (Å²) >= 11 is 0. The fourth-order valence-corrected chi connectivity index (χ4v) is 5.70. The normalized spacial score (nSPS) is 15.3. The van der Waals surface area contributed by atoms with E-state index in [0.29, 0.717) is 24.4 Å². The predicted molar refractivity (Wildman–Crippen MR) is 155 cm³/mol. The van der Waals surface area contributed by atoms with E-state index in [1.807, 2.05) is 36.5 Å². The monoisotopic (exact) mass is 524 g/mol. The first-order valence-corrected chi connectivity index (χ1v) is 13.7. The van der Waals surface area contributed by atoms with Crippen molar-refractivity contribution in [3.05, 3.63) is 96.2 Å². The maximum Gasteiger partial charge on any atom is 0.319 e. The molecule has 7 heteroatoms. The quantitative estimate of drug-likeness (QED) is 0.219. The summed E-state index contributed by atoms with van der Waals surface area (Å²) in [4.78, 5) is 30.0. The number of methoxy groups -OCH3 is 1. The van der Waals surface area contributed by atoms with Crippen LogP contribution < -0.4 is 20.7 Å². The van der Waals surface area contributed by atoms with Gasteiger partial charge in [0, 0.05) is 41.2 Å². The van der Waals surface area contributed by atoms with Crippen LogP contribution in [0.1, 0.15) is 43.2 Å². The van der Waals surface area contributed by atoms with E-state index in [9.17, 15) is 9.59 Å². The van der Waals surface area contributed by atoms with Crippen molar-refractivity contribution in [1.82, 2.24) is 15.6 Å². The maximum absolute atomic E-state index is 13.7. The number of rotatable bonds is 9. The molecule has 4 aromatic rings. The van der Waals surface area contributed by atoms with E-state index in [4.69, 9.17) is 4.74 Å². The first-order valence-electron chi connectivity index (χ1n) is 13.7. The van der Waals surface area contributed by atoms with Gasteiger partial charge in [0.05, 0.1) is 7.11 Å². The lowest BCUT2D eigenvalue weighted by molar-refractivity contribution is -0.123. The number of para-hydroxylation sites is 1. The largest absolute Gasteiger partial charge is 0.497 e. The van der Waals surface area contributed by atoms with Crippen LogP contribution in [0.2, 0.25) is 0 Å². The van der Waals surface area contributed by atoms with E-state index < -0.39 is 12.1 Å². The molecule has 1 saturated carbocycles. The van der Waals surface area contributed by atoms with Crippen molar-refractivity contribution in [2.24, 2.45) is 0 Å². The van der Waals surface area contributed by atoms with E-state index in [-0.39, 0.29) is 11.3 Å². The third kappa shape index (κ3) is 6.25. The summed E-state index contributed by atoms with van der Waals surface area (Å²) in [6, 6.07) is 24.4. The molecule has 0 saturated heterocycles. The Morgan fingerprint density at radius 3 is 2.38 bits per heavy atom. The number of carbonyl (C=O) groups excluding carboxylic acids is 2. The molecule has 202 valence electrons. The van der Waals surface area contributed by atoms with Gasteiger partial charge in [-0.1, -0.05) is 67.8 Å². The second-order valence-electron chi connectivity index (χ2n) is 10.4. The summed E-state index contributed by atoms with van der Waals surface area (Å²) in [7, 11) is 1.60. The van der Waals surface area contributed by atoms with Gasteiger partial charge in [0.2, 0.25) is 5.91 Å². The molecular formula is C32H36N4O3. The highest BCUT2D eigenvalue weighted by Crippen LogP contribution is 2.39. The zero-order valence-electron chi connectivity index (χ0n) is 22.3. The van der Waals surface area contributed by atoms with Crippen molar-refractivity contribution in [1.29, 1.82) is 0 Å². The lowest BCUT2D eigenvalue weighted by Crippen LogP contribution is -2.52. The molecule has 1 aromatic heterocycles. The van der Waals surface area contributed by atoms with Crippen LogP contribution in [0, 0.1) is 0 Å². The highest BCUT2D eigenvalue weighted by Gasteiger charge is 2.35. The van der Waals surface area contributed by atoms with E-state index >= 15 is 0 Å². The fraction of sp³-hybridized carbons (Fsp3) is 0.312. The van der Waals surface area contributed by atoms with Gasteiger partial charge < -0.3 is 25.7 Å². The van der Waals surface area contributed by atoms with Crippen molar-refractivity contribution in [3.63, 3.8) is 0 Å². The number of aromatic amines is 1. The summed E-state index contributed by atoms with van der Waals surface area (Å²) in [6.07, 6.45) is 7.87. The molecule has 1 aliphatic carbocycles. The van der Waals surface area contributed by atoms with Crippen molar-refractivity contribution in [2.75, 3.05) is 19.0 Å². The minimum absolute atomic E-state index is 0.0914. The van der Waals surface area contributed by atoms with Gasteiger partial charge in [0.15, 0.2) is 0 Å². The summed E-state index contributed by atoms with van der Waals surface area (Å²) in [6.45, 7) is 0.544. The number of ether oxygens (including phenoxy) is 1. The highest BCUT2D eigenvalue weighted by molar-refractivity contribution is 5.94. The second-order valence-corrected chi connectivity index (χ2v) is 10.4. The van der Waals surface area contributed by atoms with Crippen molar-refractivity contribution >= 4 is 28.5 Å². The average molecular weight is 525 g/mol. The highest BCUT2D eigenvalue weighted by atomic mass is 16.5. The number of hydrogen-bond donors (Lipinski definition) is 4. The Hall–Kier alpha value is -4.26. The number of aromatic nitrogens is 1. The predicted octanol–water partition coefficient (Wildman–Crippen LogP) is 5.93. The maximum atomic E-state index is 13.7. The van der Waals surface area contributed by atoms with Crippen LogP contribution in [0.3, 0.4) is 0 Å². The number of amides is 3. The molecule has 4 N–H and O–H groups in total. The number of H-pyrrole nitrogens is 1. The lowest BCUT2D eigenvalue weighted by atomic mass is 9.69. The van der Waals surface area contributed by atoms with Crippen LogP contribution in [0.4, 0.5) is 10.5 Å².